The zero-order chi connectivity index (χ0) is 9.10. The summed E-state index contributed by atoms with van der Waals surface area (Å²) in [5.41, 5.74) is 0. The van der Waals surface area contributed by atoms with E-state index in [1.165, 1.54) is 0 Å². The molecule has 0 spiro atoms. The first-order chi connectivity index (χ1) is 6.36. The Bertz CT molecular complexity index is 188. The van der Waals surface area contributed by atoms with Crippen LogP contribution in [0.2, 0.25) is 0 Å². The predicted molar refractivity (Wildman–Crippen MR) is 47.1 cm³/mol. The molecule has 0 aromatic carbocycles. The van der Waals surface area contributed by atoms with Gasteiger partial charge in [-0.1, -0.05) is 0 Å². The number of piperazine rings is 1. The van der Waals surface area contributed by atoms with Crippen molar-refractivity contribution in [1.29, 1.82) is 0 Å². The Balaban J connectivity index is 1.72. The maximum atomic E-state index is 11.3. The van der Waals surface area contributed by atoms with E-state index in [1.807, 2.05) is 0 Å². The molecule has 2 rings (SSSR count). The van der Waals surface area contributed by atoms with Crippen LogP contribution in [-0.4, -0.2) is 55.3 Å². The lowest BCUT2D eigenvalue weighted by molar-refractivity contribution is -0.122. The van der Waals surface area contributed by atoms with Crippen LogP contribution in [0.3, 0.4) is 0 Å². The summed E-state index contributed by atoms with van der Waals surface area (Å²) in [5.74, 6) is 0. The van der Waals surface area contributed by atoms with Crippen molar-refractivity contribution >= 4 is 6.09 Å². The minimum Gasteiger partial charge on any atom is -0.351 e. The molecule has 0 aliphatic carbocycles. The van der Waals surface area contributed by atoms with Crippen LogP contribution in [0.15, 0.2) is 0 Å². The molecular weight excluding hydrogens is 170 g/mol. The Morgan fingerprint density at radius 2 is 1.85 bits per heavy atom. The summed E-state index contributed by atoms with van der Waals surface area (Å²) < 4.78 is 0. The standard InChI is InChI=1S/C8H15N3O2/c12-8(10-4-1-5-10)13-11-6-2-9-3-7-11/h9H,1-7H2. The van der Waals surface area contributed by atoms with Crippen LogP contribution in [0, 0.1) is 0 Å². The van der Waals surface area contributed by atoms with Crippen LogP contribution in [-0.2, 0) is 4.84 Å². The van der Waals surface area contributed by atoms with Crippen LogP contribution < -0.4 is 5.32 Å². The normalized spacial score (nSPS) is 23.8. The second-order valence-corrected chi connectivity index (χ2v) is 3.38. The minimum atomic E-state index is -0.187. The summed E-state index contributed by atoms with van der Waals surface area (Å²) >= 11 is 0. The van der Waals surface area contributed by atoms with Gasteiger partial charge in [0, 0.05) is 39.3 Å². The number of carbonyl (C=O) groups excluding carboxylic acids is 1. The fourth-order valence-electron chi connectivity index (χ4n) is 1.40. The van der Waals surface area contributed by atoms with Gasteiger partial charge < -0.3 is 15.1 Å². The second-order valence-electron chi connectivity index (χ2n) is 3.38. The molecule has 2 heterocycles. The summed E-state index contributed by atoms with van der Waals surface area (Å²) in [5, 5.41) is 4.93. The van der Waals surface area contributed by atoms with E-state index in [0.717, 1.165) is 45.7 Å². The number of nitrogens with one attached hydrogen (secondary N) is 1. The maximum Gasteiger partial charge on any atom is 0.428 e. The highest BCUT2D eigenvalue weighted by atomic mass is 16.7. The molecule has 5 heteroatoms. The highest BCUT2D eigenvalue weighted by Crippen LogP contribution is 2.08. The van der Waals surface area contributed by atoms with E-state index in [2.05, 4.69) is 5.32 Å². The molecule has 2 aliphatic rings. The van der Waals surface area contributed by atoms with Crippen molar-refractivity contribution < 1.29 is 9.63 Å². The molecule has 2 fully saturated rings. The smallest absolute Gasteiger partial charge is 0.351 e. The molecule has 2 aliphatic heterocycles. The Kier molecular flexibility index (Phi) is 2.65. The topological polar surface area (TPSA) is 44.8 Å². The van der Waals surface area contributed by atoms with E-state index < -0.39 is 0 Å². The number of hydrogen-bond donors (Lipinski definition) is 1. The molecule has 0 aromatic heterocycles. The SMILES string of the molecule is O=C(ON1CCNCC1)N1CCC1. The Morgan fingerprint density at radius 1 is 1.15 bits per heavy atom. The van der Waals surface area contributed by atoms with Crippen LogP contribution in [0.1, 0.15) is 6.42 Å². The summed E-state index contributed by atoms with van der Waals surface area (Å²) in [6.07, 6.45) is 0.921. The third-order valence-corrected chi connectivity index (χ3v) is 2.40. The molecule has 0 radical (unpaired) electrons. The van der Waals surface area contributed by atoms with E-state index in [1.54, 1.807) is 9.96 Å². The molecule has 0 unspecified atom stereocenters. The number of carbonyl (C=O) groups is 1. The summed E-state index contributed by atoms with van der Waals surface area (Å²) in [6, 6.07) is 0. The molecule has 74 valence electrons. The first-order valence-electron chi connectivity index (χ1n) is 4.79. The van der Waals surface area contributed by atoms with Crippen molar-refractivity contribution in [2.24, 2.45) is 0 Å². The van der Waals surface area contributed by atoms with E-state index in [4.69, 9.17) is 4.84 Å². The van der Waals surface area contributed by atoms with E-state index >= 15 is 0 Å². The molecule has 5 nitrogen and oxygen atoms in total. The monoisotopic (exact) mass is 185 g/mol. The summed E-state index contributed by atoms with van der Waals surface area (Å²) in [6.45, 7) is 5.08. The number of amides is 1. The number of hydrogen-bond acceptors (Lipinski definition) is 4. The third-order valence-electron chi connectivity index (χ3n) is 2.40. The van der Waals surface area contributed by atoms with E-state index in [-0.39, 0.29) is 6.09 Å². The molecular formula is C8H15N3O2. The zero-order valence-corrected chi connectivity index (χ0v) is 7.66. The predicted octanol–water partition coefficient (Wildman–Crippen LogP) is -0.351. The third kappa shape index (κ3) is 2.10. The molecule has 1 N–H and O–H groups in total. The van der Waals surface area contributed by atoms with Crippen molar-refractivity contribution in [1.82, 2.24) is 15.3 Å². The summed E-state index contributed by atoms with van der Waals surface area (Å²) in [7, 11) is 0. The van der Waals surface area contributed by atoms with E-state index in [9.17, 15) is 4.79 Å². The van der Waals surface area contributed by atoms with Gasteiger partial charge in [-0.25, -0.2) is 4.79 Å². The lowest BCUT2D eigenvalue weighted by Gasteiger charge is -2.33. The van der Waals surface area contributed by atoms with Gasteiger partial charge in [0.15, 0.2) is 0 Å². The molecule has 0 atom stereocenters. The Labute approximate surface area is 77.6 Å². The Hall–Kier alpha value is -0.810. The van der Waals surface area contributed by atoms with Gasteiger partial charge in [0.2, 0.25) is 0 Å². The fraction of sp³-hybridized carbons (Fsp3) is 0.875. The largest absolute Gasteiger partial charge is 0.428 e. The van der Waals surface area contributed by atoms with Crippen molar-refractivity contribution in [2.75, 3.05) is 39.3 Å². The van der Waals surface area contributed by atoms with Crippen LogP contribution in [0.5, 0.6) is 0 Å². The zero-order valence-electron chi connectivity index (χ0n) is 7.66. The van der Waals surface area contributed by atoms with Gasteiger partial charge in [-0.05, 0) is 6.42 Å². The lowest BCUT2D eigenvalue weighted by Crippen LogP contribution is -2.49. The number of rotatable bonds is 1. The van der Waals surface area contributed by atoms with Crippen molar-refractivity contribution in [3.8, 4) is 0 Å². The van der Waals surface area contributed by atoms with Gasteiger partial charge in [0.05, 0.1) is 0 Å². The summed E-state index contributed by atoms with van der Waals surface area (Å²) in [4.78, 5) is 18.2. The van der Waals surface area contributed by atoms with Gasteiger partial charge in [-0.3, -0.25) is 0 Å². The second kappa shape index (κ2) is 3.93. The minimum absolute atomic E-state index is 0.187. The highest BCUT2D eigenvalue weighted by Gasteiger charge is 2.24. The number of nitrogens with zero attached hydrogens (tertiary/aromatic N) is 2. The van der Waals surface area contributed by atoms with Crippen molar-refractivity contribution in [3.05, 3.63) is 0 Å². The average Bonchev–Trinajstić information content (AvgIpc) is 2.02. The fourth-order valence-corrected chi connectivity index (χ4v) is 1.40. The first-order valence-corrected chi connectivity index (χ1v) is 4.79. The van der Waals surface area contributed by atoms with Gasteiger partial charge in [-0.15, -0.1) is 5.06 Å². The quantitative estimate of drug-likeness (QED) is 0.606. The first kappa shape index (κ1) is 8.77. The molecule has 0 aromatic rings. The van der Waals surface area contributed by atoms with E-state index in [0.29, 0.717) is 0 Å². The molecule has 1 amide bonds. The molecule has 13 heavy (non-hydrogen) atoms. The maximum absolute atomic E-state index is 11.3. The molecule has 2 saturated heterocycles. The number of likely N-dealkylation sites (tertiary alicyclic amines) is 1. The van der Waals surface area contributed by atoms with Gasteiger partial charge in [0.1, 0.15) is 0 Å². The van der Waals surface area contributed by atoms with Gasteiger partial charge in [-0.2, -0.15) is 0 Å². The number of hydroxylamine groups is 2. The average molecular weight is 185 g/mol. The molecule has 0 bridgehead atoms. The van der Waals surface area contributed by atoms with Crippen LogP contribution in [0.25, 0.3) is 0 Å². The van der Waals surface area contributed by atoms with Gasteiger partial charge in [0.25, 0.3) is 0 Å². The van der Waals surface area contributed by atoms with Crippen LogP contribution in [0.4, 0.5) is 4.79 Å². The van der Waals surface area contributed by atoms with Crippen LogP contribution >= 0.6 is 0 Å². The van der Waals surface area contributed by atoms with Crippen molar-refractivity contribution in [3.63, 3.8) is 0 Å². The highest BCUT2D eigenvalue weighted by molar-refractivity contribution is 5.68. The molecule has 0 saturated carbocycles. The Morgan fingerprint density at radius 3 is 2.38 bits per heavy atom. The van der Waals surface area contributed by atoms with Gasteiger partial charge >= 0.3 is 6.09 Å². The van der Waals surface area contributed by atoms with Crippen molar-refractivity contribution in [2.45, 2.75) is 6.42 Å². The lowest BCUT2D eigenvalue weighted by atomic mass is 10.2.